The van der Waals surface area contributed by atoms with Gasteiger partial charge >= 0.3 is 5.63 Å². The Morgan fingerprint density at radius 1 is 1.27 bits per heavy atom. The van der Waals surface area contributed by atoms with Gasteiger partial charge in [-0.15, -0.1) is 0 Å². The predicted molar refractivity (Wildman–Crippen MR) is 97.4 cm³/mol. The minimum absolute atomic E-state index is 0.0202. The molecule has 0 radical (unpaired) electrons. The molecule has 3 rings (SSSR count). The molecule has 1 amide bonds. The van der Waals surface area contributed by atoms with Crippen LogP contribution in [0.2, 0.25) is 5.02 Å². The number of phenolic OH excluding ortho intramolecular Hbond substituents is 1. The summed E-state index contributed by atoms with van der Waals surface area (Å²) in [4.78, 5) is 24.5. The Morgan fingerprint density at radius 3 is 2.69 bits per heavy atom. The summed E-state index contributed by atoms with van der Waals surface area (Å²) < 4.78 is 18.4. The van der Waals surface area contributed by atoms with Gasteiger partial charge in [-0.25, -0.2) is 9.18 Å². The van der Waals surface area contributed by atoms with E-state index in [0.29, 0.717) is 16.6 Å². The lowest BCUT2D eigenvalue weighted by molar-refractivity contribution is -0.115. The van der Waals surface area contributed by atoms with E-state index in [1.54, 1.807) is 26.0 Å². The van der Waals surface area contributed by atoms with Crippen molar-refractivity contribution >= 4 is 34.2 Å². The van der Waals surface area contributed by atoms with Crippen LogP contribution in [0.1, 0.15) is 16.7 Å². The molecule has 134 valence electrons. The number of nitrogens with one attached hydrogen (secondary N) is 1. The zero-order chi connectivity index (χ0) is 19.0. The number of carbonyl (C=O) groups excluding carboxylic acids is 1. The highest BCUT2D eigenvalue weighted by Crippen LogP contribution is 2.30. The normalized spacial score (nSPS) is 10.9. The van der Waals surface area contributed by atoms with E-state index in [2.05, 4.69) is 5.32 Å². The highest BCUT2D eigenvalue weighted by molar-refractivity contribution is 6.31. The van der Waals surface area contributed by atoms with Crippen molar-refractivity contribution in [3.63, 3.8) is 0 Å². The zero-order valence-corrected chi connectivity index (χ0v) is 14.8. The van der Waals surface area contributed by atoms with Crippen molar-refractivity contribution in [2.45, 2.75) is 20.3 Å². The van der Waals surface area contributed by atoms with Gasteiger partial charge in [-0.1, -0.05) is 11.6 Å². The molecule has 0 atom stereocenters. The lowest BCUT2D eigenvalue weighted by atomic mass is 10.0. The molecular weight excluding hydrogens is 361 g/mol. The fourth-order valence-electron chi connectivity index (χ4n) is 2.80. The Labute approximate surface area is 153 Å². The first-order valence-corrected chi connectivity index (χ1v) is 8.15. The maximum atomic E-state index is 13.2. The monoisotopic (exact) mass is 375 g/mol. The van der Waals surface area contributed by atoms with Crippen molar-refractivity contribution in [1.82, 2.24) is 0 Å². The van der Waals surface area contributed by atoms with Gasteiger partial charge in [0.15, 0.2) is 0 Å². The first kappa shape index (κ1) is 17.9. The SMILES string of the molecule is Cc1cc(O)c2c(C)c(CC(=O)Nc3ccc(F)c(Cl)c3)c(=O)oc2c1. The van der Waals surface area contributed by atoms with Gasteiger partial charge in [-0.2, -0.15) is 0 Å². The van der Waals surface area contributed by atoms with Gasteiger partial charge in [0, 0.05) is 5.69 Å². The maximum absolute atomic E-state index is 13.2. The molecule has 0 saturated carbocycles. The third kappa shape index (κ3) is 3.41. The van der Waals surface area contributed by atoms with Crippen LogP contribution in [0, 0.1) is 19.7 Å². The van der Waals surface area contributed by atoms with Crippen molar-refractivity contribution < 1.29 is 18.7 Å². The second-order valence-electron chi connectivity index (χ2n) is 6.00. The minimum atomic E-state index is -0.646. The number of rotatable bonds is 3. The molecule has 2 N–H and O–H groups in total. The van der Waals surface area contributed by atoms with Crippen LogP contribution in [-0.4, -0.2) is 11.0 Å². The average molecular weight is 376 g/mol. The Bertz CT molecular complexity index is 1090. The summed E-state index contributed by atoms with van der Waals surface area (Å²) >= 11 is 5.68. The second kappa shape index (κ2) is 6.80. The van der Waals surface area contributed by atoms with E-state index in [0.717, 1.165) is 11.6 Å². The van der Waals surface area contributed by atoms with Gasteiger partial charge < -0.3 is 14.8 Å². The van der Waals surface area contributed by atoms with E-state index in [-0.39, 0.29) is 28.3 Å². The minimum Gasteiger partial charge on any atom is -0.507 e. The van der Waals surface area contributed by atoms with Crippen LogP contribution in [0.4, 0.5) is 10.1 Å². The smallest absolute Gasteiger partial charge is 0.340 e. The summed E-state index contributed by atoms with van der Waals surface area (Å²) in [6, 6.07) is 6.98. The molecule has 5 nitrogen and oxygen atoms in total. The van der Waals surface area contributed by atoms with Crippen molar-refractivity contribution in [2.24, 2.45) is 0 Å². The van der Waals surface area contributed by atoms with E-state index in [1.807, 2.05) is 0 Å². The molecule has 26 heavy (non-hydrogen) atoms. The fraction of sp³-hybridized carbons (Fsp3) is 0.158. The van der Waals surface area contributed by atoms with E-state index in [9.17, 15) is 19.1 Å². The summed E-state index contributed by atoms with van der Waals surface area (Å²) in [5.41, 5.74) is 1.29. The van der Waals surface area contributed by atoms with Crippen molar-refractivity contribution in [1.29, 1.82) is 0 Å². The number of anilines is 1. The third-order valence-electron chi connectivity index (χ3n) is 4.04. The van der Waals surface area contributed by atoms with Gasteiger partial charge in [0.1, 0.15) is 17.1 Å². The van der Waals surface area contributed by atoms with Crippen LogP contribution in [0.5, 0.6) is 5.75 Å². The molecule has 7 heteroatoms. The summed E-state index contributed by atoms with van der Waals surface area (Å²) in [5, 5.41) is 13.0. The summed E-state index contributed by atoms with van der Waals surface area (Å²) in [7, 11) is 0. The molecule has 3 aromatic rings. The van der Waals surface area contributed by atoms with Crippen LogP contribution in [0.25, 0.3) is 11.0 Å². The predicted octanol–water partition coefficient (Wildman–Crippen LogP) is 4.09. The lowest BCUT2D eigenvalue weighted by Crippen LogP contribution is -2.20. The largest absolute Gasteiger partial charge is 0.507 e. The number of fused-ring (bicyclic) bond motifs is 1. The Morgan fingerprint density at radius 2 is 2.00 bits per heavy atom. The van der Waals surface area contributed by atoms with Crippen LogP contribution in [0.3, 0.4) is 0 Å². The second-order valence-corrected chi connectivity index (χ2v) is 6.41. The number of benzene rings is 2. The molecule has 1 aromatic heterocycles. The first-order chi connectivity index (χ1) is 12.3. The fourth-order valence-corrected chi connectivity index (χ4v) is 2.98. The number of halogens is 2. The molecule has 0 aliphatic carbocycles. The zero-order valence-electron chi connectivity index (χ0n) is 14.0. The first-order valence-electron chi connectivity index (χ1n) is 7.77. The number of aryl methyl sites for hydroxylation is 2. The highest BCUT2D eigenvalue weighted by Gasteiger charge is 2.17. The molecule has 0 unspecified atom stereocenters. The van der Waals surface area contributed by atoms with Gasteiger partial charge in [0.2, 0.25) is 5.91 Å². The van der Waals surface area contributed by atoms with Gasteiger partial charge in [0.05, 0.1) is 22.4 Å². The maximum Gasteiger partial charge on any atom is 0.340 e. The van der Waals surface area contributed by atoms with Crippen molar-refractivity contribution in [3.8, 4) is 5.75 Å². The van der Waals surface area contributed by atoms with Crippen molar-refractivity contribution in [3.05, 3.63) is 68.3 Å². The molecule has 0 saturated heterocycles. The number of hydrogen-bond acceptors (Lipinski definition) is 4. The standard InChI is InChI=1S/C19H15ClFNO4/c1-9-5-15(23)18-10(2)12(19(25)26-16(18)6-9)8-17(24)22-11-3-4-14(21)13(20)7-11/h3-7,23H,8H2,1-2H3,(H,22,24). The topological polar surface area (TPSA) is 79.5 Å². The summed E-state index contributed by atoms with van der Waals surface area (Å²) in [6.45, 7) is 3.41. The molecule has 1 heterocycles. The third-order valence-corrected chi connectivity index (χ3v) is 4.33. The van der Waals surface area contributed by atoms with Gasteiger partial charge in [0.25, 0.3) is 0 Å². The van der Waals surface area contributed by atoms with E-state index >= 15 is 0 Å². The Kier molecular flexibility index (Phi) is 4.70. The Hall–Kier alpha value is -2.86. The highest BCUT2D eigenvalue weighted by atomic mass is 35.5. The van der Waals surface area contributed by atoms with Crippen LogP contribution < -0.4 is 10.9 Å². The average Bonchev–Trinajstić information content (AvgIpc) is 2.54. The molecule has 0 bridgehead atoms. The number of carbonyl (C=O) groups is 1. The molecular formula is C19H15ClFNO4. The number of hydrogen-bond donors (Lipinski definition) is 2. The van der Waals surface area contributed by atoms with Gasteiger partial charge in [-0.3, -0.25) is 4.79 Å². The van der Waals surface area contributed by atoms with Crippen molar-refractivity contribution in [2.75, 3.05) is 5.32 Å². The van der Waals surface area contributed by atoms with E-state index < -0.39 is 17.3 Å². The van der Waals surface area contributed by atoms with Crippen LogP contribution in [0.15, 0.2) is 39.5 Å². The quantitative estimate of drug-likeness (QED) is 0.676. The molecule has 0 aliphatic rings. The van der Waals surface area contributed by atoms with Crippen LogP contribution >= 0.6 is 11.6 Å². The molecule has 0 spiro atoms. The summed E-state index contributed by atoms with van der Waals surface area (Å²) in [6.07, 6.45) is -0.258. The Balaban J connectivity index is 1.94. The number of amides is 1. The summed E-state index contributed by atoms with van der Waals surface area (Å²) in [5.74, 6) is -1.11. The van der Waals surface area contributed by atoms with Crippen LogP contribution in [-0.2, 0) is 11.2 Å². The lowest BCUT2D eigenvalue weighted by Gasteiger charge is -2.10. The number of aromatic hydroxyl groups is 1. The van der Waals surface area contributed by atoms with E-state index in [4.69, 9.17) is 16.0 Å². The molecule has 0 aliphatic heterocycles. The number of phenols is 1. The molecule has 0 fully saturated rings. The molecule has 2 aromatic carbocycles. The van der Waals surface area contributed by atoms with E-state index in [1.165, 1.54) is 12.1 Å². The van der Waals surface area contributed by atoms with Gasteiger partial charge in [-0.05, 0) is 55.3 Å².